The van der Waals surface area contributed by atoms with E-state index in [4.69, 9.17) is 5.10 Å². The van der Waals surface area contributed by atoms with Gasteiger partial charge >= 0.3 is 0 Å². The predicted molar refractivity (Wildman–Crippen MR) is 134 cm³/mol. The maximum Gasteiger partial charge on any atom is 0.234 e. The van der Waals surface area contributed by atoms with Crippen molar-refractivity contribution in [3.63, 3.8) is 0 Å². The molecule has 0 bridgehead atoms. The Hall–Kier alpha value is -2.92. The monoisotopic (exact) mass is 444 g/mol. The molecule has 1 amide bonds. The first-order valence-electron chi connectivity index (χ1n) is 12.2. The summed E-state index contributed by atoms with van der Waals surface area (Å²) >= 11 is 0. The van der Waals surface area contributed by atoms with Gasteiger partial charge in [-0.2, -0.15) is 5.10 Å². The summed E-state index contributed by atoms with van der Waals surface area (Å²) in [6.07, 6.45) is 3.17. The Labute approximate surface area is 197 Å². The fourth-order valence-corrected chi connectivity index (χ4v) is 4.71. The van der Waals surface area contributed by atoms with E-state index in [2.05, 4.69) is 73.5 Å². The van der Waals surface area contributed by atoms with Crippen molar-refractivity contribution in [1.29, 1.82) is 0 Å². The molecule has 0 saturated carbocycles. The quantitative estimate of drug-likeness (QED) is 0.539. The lowest BCUT2D eigenvalue weighted by atomic mass is 9.89. The van der Waals surface area contributed by atoms with Gasteiger partial charge in [-0.3, -0.25) is 9.69 Å². The Balaban J connectivity index is 1.30. The Morgan fingerprint density at radius 2 is 1.82 bits per heavy atom. The molecule has 0 atom stereocenters. The van der Waals surface area contributed by atoms with E-state index in [1.165, 1.54) is 16.8 Å². The van der Waals surface area contributed by atoms with Crippen LogP contribution in [-0.2, 0) is 17.8 Å². The first-order valence-corrected chi connectivity index (χ1v) is 12.2. The van der Waals surface area contributed by atoms with E-state index < -0.39 is 0 Å². The van der Waals surface area contributed by atoms with E-state index in [1.807, 2.05) is 22.9 Å². The Kier molecular flexibility index (Phi) is 7.61. The normalized spacial score (nSPS) is 15.2. The van der Waals surface area contributed by atoms with E-state index in [0.717, 1.165) is 43.7 Å². The molecule has 1 aliphatic heterocycles. The number of aryl methyl sites for hydroxylation is 1. The van der Waals surface area contributed by atoms with Crippen molar-refractivity contribution >= 4 is 5.91 Å². The molecule has 174 valence electrons. The van der Waals surface area contributed by atoms with Crippen LogP contribution in [0, 0.1) is 12.8 Å². The number of nitrogens with zero attached hydrogens (tertiary/aromatic N) is 3. The zero-order valence-corrected chi connectivity index (χ0v) is 20.1. The number of hydrogen-bond donors (Lipinski definition) is 1. The number of benzene rings is 2. The molecule has 0 aliphatic carbocycles. The van der Waals surface area contributed by atoms with Gasteiger partial charge in [0.05, 0.1) is 24.5 Å². The summed E-state index contributed by atoms with van der Waals surface area (Å²) in [5.41, 5.74) is 5.90. The van der Waals surface area contributed by atoms with Crippen molar-refractivity contribution in [2.45, 2.75) is 52.5 Å². The molecule has 2 heterocycles. The van der Waals surface area contributed by atoms with Gasteiger partial charge in [-0.1, -0.05) is 61.9 Å². The Bertz CT molecular complexity index is 1050. The molecule has 0 unspecified atom stereocenters. The number of likely N-dealkylation sites (tertiary alicyclic amines) is 1. The van der Waals surface area contributed by atoms with Crippen LogP contribution in [0.5, 0.6) is 0 Å². The smallest absolute Gasteiger partial charge is 0.234 e. The number of carbonyl (C=O) groups excluding carboxylic acids is 1. The third-order valence-corrected chi connectivity index (χ3v) is 6.39. The second kappa shape index (κ2) is 10.8. The van der Waals surface area contributed by atoms with E-state index in [9.17, 15) is 4.79 Å². The van der Waals surface area contributed by atoms with Gasteiger partial charge in [0.1, 0.15) is 0 Å². The van der Waals surface area contributed by atoms with Crippen LogP contribution in [-0.4, -0.2) is 40.2 Å². The van der Waals surface area contributed by atoms with Crippen molar-refractivity contribution in [3.8, 4) is 5.69 Å². The summed E-state index contributed by atoms with van der Waals surface area (Å²) in [4.78, 5) is 14.9. The Morgan fingerprint density at radius 1 is 1.06 bits per heavy atom. The minimum atomic E-state index is 0.0728. The summed E-state index contributed by atoms with van der Waals surface area (Å²) in [5, 5.41) is 7.88. The van der Waals surface area contributed by atoms with Crippen molar-refractivity contribution in [2.24, 2.45) is 5.92 Å². The third kappa shape index (κ3) is 6.32. The number of aromatic nitrogens is 2. The van der Waals surface area contributed by atoms with E-state index in [0.29, 0.717) is 24.9 Å². The lowest BCUT2D eigenvalue weighted by Gasteiger charge is -2.31. The summed E-state index contributed by atoms with van der Waals surface area (Å²) in [7, 11) is 0. The maximum atomic E-state index is 12.6. The topological polar surface area (TPSA) is 50.2 Å². The fraction of sp³-hybridized carbons (Fsp3) is 0.429. The second-order valence-corrected chi connectivity index (χ2v) is 9.71. The maximum absolute atomic E-state index is 12.6. The van der Waals surface area contributed by atoms with Gasteiger partial charge in [0.15, 0.2) is 0 Å². The standard InChI is InChI=1S/C28H36N4O/c1-21(2)16-27-18-25(30-32(27)26-10-5-4-6-11-26)19-29-28(33)20-31-14-12-23(13-15-31)24-9-7-8-22(3)17-24/h4-11,17-18,21,23H,12-16,19-20H2,1-3H3,(H,29,33). The van der Waals surface area contributed by atoms with Crippen LogP contribution in [0.3, 0.4) is 0 Å². The first kappa shape index (κ1) is 23.2. The number of hydrogen-bond acceptors (Lipinski definition) is 3. The highest BCUT2D eigenvalue weighted by atomic mass is 16.2. The van der Waals surface area contributed by atoms with E-state index in [1.54, 1.807) is 0 Å². The number of carbonyl (C=O) groups is 1. The summed E-state index contributed by atoms with van der Waals surface area (Å²) in [5.74, 6) is 1.21. The zero-order valence-electron chi connectivity index (χ0n) is 20.1. The molecule has 1 aromatic heterocycles. The van der Waals surface area contributed by atoms with Crippen LogP contribution < -0.4 is 5.32 Å². The number of rotatable bonds is 8. The molecule has 5 nitrogen and oxygen atoms in total. The predicted octanol–water partition coefficient (Wildman–Crippen LogP) is 4.88. The van der Waals surface area contributed by atoms with E-state index in [-0.39, 0.29) is 5.91 Å². The molecule has 0 radical (unpaired) electrons. The Morgan fingerprint density at radius 3 is 2.52 bits per heavy atom. The van der Waals surface area contributed by atoms with E-state index >= 15 is 0 Å². The first-order chi connectivity index (χ1) is 16.0. The molecular weight excluding hydrogens is 408 g/mol. The molecule has 1 aliphatic rings. The minimum absolute atomic E-state index is 0.0728. The van der Waals surface area contributed by atoms with Crippen LogP contribution in [0.1, 0.15) is 55.1 Å². The van der Waals surface area contributed by atoms with Gasteiger partial charge in [0.25, 0.3) is 0 Å². The third-order valence-electron chi connectivity index (χ3n) is 6.39. The molecule has 2 aromatic carbocycles. The molecule has 33 heavy (non-hydrogen) atoms. The SMILES string of the molecule is Cc1cccc(C2CCN(CC(=O)NCc3cc(CC(C)C)n(-c4ccccc4)n3)CC2)c1. The minimum Gasteiger partial charge on any atom is -0.349 e. The summed E-state index contributed by atoms with van der Waals surface area (Å²) in [6, 6.07) is 21.2. The van der Waals surface area contributed by atoms with Crippen LogP contribution in [0.15, 0.2) is 60.7 Å². The van der Waals surface area contributed by atoms with Crippen LogP contribution in [0.4, 0.5) is 0 Å². The number of piperidine rings is 1. The molecule has 4 rings (SSSR count). The average Bonchev–Trinajstić information content (AvgIpc) is 3.21. The largest absolute Gasteiger partial charge is 0.349 e. The van der Waals surface area contributed by atoms with Crippen molar-refractivity contribution in [1.82, 2.24) is 20.0 Å². The van der Waals surface area contributed by atoms with Gasteiger partial charge in [-0.05, 0) is 74.9 Å². The zero-order chi connectivity index (χ0) is 23.2. The molecule has 5 heteroatoms. The van der Waals surface area contributed by atoms with Crippen molar-refractivity contribution in [3.05, 3.63) is 83.2 Å². The second-order valence-electron chi connectivity index (χ2n) is 9.71. The van der Waals surface area contributed by atoms with Crippen molar-refractivity contribution < 1.29 is 4.79 Å². The van der Waals surface area contributed by atoms with Gasteiger partial charge in [-0.25, -0.2) is 4.68 Å². The molecule has 1 fully saturated rings. The fourth-order valence-electron chi connectivity index (χ4n) is 4.71. The summed E-state index contributed by atoms with van der Waals surface area (Å²) in [6.45, 7) is 9.43. The van der Waals surface area contributed by atoms with Gasteiger partial charge in [-0.15, -0.1) is 0 Å². The molecule has 0 spiro atoms. The van der Waals surface area contributed by atoms with Gasteiger partial charge < -0.3 is 5.32 Å². The molecule has 3 aromatic rings. The van der Waals surface area contributed by atoms with Gasteiger partial charge in [0, 0.05) is 5.69 Å². The van der Waals surface area contributed by atoms with Crippen LogP contribution in [0.25, 0.3) is 5.69 Å². The van der Waals surface area contributed by atoms with Crippen molar-refractivity contribution in [2.75, 3.05) is 19.6 Å². The van der Waals surface area contributed by atoms with Gasteiger partial charge in [0.2, 0.25) is 5.91 Å². The molecule has 1 saturated heterocycles. The number of amides is 1. The number of para-hydroxylation sites is 1. The van der Waals surface area contributed by atoms with Crippen LogP contribution in [0.2, 0.25) is 0 Å². The molecule has 1 N–H and O–H groups in total. The van der Waals surface area contributed by atoms with Crippen LogP contribution >= 0.6 is 0 Å². The highest BCUT2D eigenvalue weighted by Crippen LogP contribution is 2.28. The molecular formula is C28H36N4O. The lowest BCUT2D eigenvalue weighted by molar-refractivity contribution is -0.122. The highest BCUT2D eigenvalue weighted by molar-refractivity contribution is 5.78. The highest BCUT2D eigenvalue weighted by Gasteiger charge is 2.22. The average molecular weight is 445 g/mol. The number of nitrogens with one attached hydrogen (secondary N) is 1. The lowest BCUT2D eigenvalue weighted by Crippen LogP contribution is -2.41. The summed E-state index contributed by atoms with van der Waals surface area (Å²) < 4.78 is 2.01.